The summed E-state index contributed by atoms with van der Waals surface area (Å²) >= 11 is 0. The van der Waals surface area contributed by atoms with Crippen LogP contribution in [-0.2, 0) is 35.8 Å². The van der Waals surface area contributed by atoms with Gasteiger partial charge in [0, 0.05) is 72.8 Å². The van der Waals surface area contributed by atoms with E-state index in [1.54, 1.807) is 45.5 Å². The fourth-order valence-corrected chi connectivity index (χ4v) is 8.90. The van der Waals surface area contributed by atoms with Crippen molar-refractivity contribution in [3.8, 4) is 34.0 Å². The maximum absolute atomic E-state index is 14.7. The predicted molar refractivity (Wildman–Crippen MR) is 254 cm³/mol. The number of methoxy groups -OCH3 is 2. The number of fused-ring (bicyclic) bond motifs is 2. The van der Waals surface area contributed by atoms with E-state index < -0.39 is 33.2 Å². The van der Waals surface area contributed by atoms with Gasteiger partial charge >= 0.3 is 5.97 Å². The van der Waals surface area contributed by atoms with E-state index in [1.165, 1.54) is 26.4 Å². The predicted octanol–water partition coefficient (Wildman–Crippen LogP) is 10.5. The number of carbonyl (C=O) groups excluding carboxylic acids is 1. The summed E-state index contributed by atoms with van der Waals surface area (Å²) in [5.74, 6) is -2.44. The van der Waals surface area contributed by atoms with Crippen LogP contribution in [0.25, 0.3) is 44.1 Å². The lowest BCUT2D eigenvalue weighted by Crippen LogP contribution is -2.20. The Morgan fingerprint density at radius 1 is 0.636 bits per heavy atom. The number of carbonyl (C=O) groups is 2. The molecule has 8 aromatic rings. The molecule has 14 heteroatoms. The standard InChI is InChI=1S/C27H27FN2O4S.C25H23FN2O3/c1-5-18-11-13-23-21(14-18)25(20-12-10-17(2)29-27(20)34-3)26(24(31)16-35(4,32)33)30(23)15-19-8-6-7-9-22(19)28;1-4-16-10-12-21-19(13-16)22(18-11-9-15(2)27-24(18)31-3)23(25(29)30)28(21)14-17-7-5-6-8-20(17)26/h6-14H,5,15-16H2,1-4H3;5-13H,4,14H2,1-3H3,(H,29,30). The number of aryl methyl sites for hydroxylation is 4. The van der Waals surface area contributed by atoms with Crippen LogP contribution >= 0.6 is 0 Å². The van der Waals surface area contributed by atoms with E-state index in [0.717, 1.165) is 57.9 Å². The Morgan fingerprint density at radius 3 is 1.45 bits per heavy atom. The van der Waals surface area contributed by atoms with Crippen LogP contribution in [0.15, 0.2) is 109 Å². The van der Waals surface area contributed by atoms with Crippen molar-refractivity contribution in [2.45, 2.75) is 53.6 Å². The zero-order chi connectivity index (χ0) is 47.4. The van der Waals surface area contributed by atoms with E-state index in [9.17, 15) is 31.9 Å². The number of rotatable bonds is 14. The maximum atomic E-state index is 14.7. The monoisotopic (exact) mass is 912 g/mol. The summed E-state index contributed by atoms with van der Waals surface area (Å²) in [4.78, 5) is 35.0. The largest absolute Gasteiger partial charge is 0.481 e. The van der Waals surface area contributed by atoms with Gasteiger partial charge in [0.25, 0.3) is 0 Å². The molecule has 0 fully saturated rings. The highest BCUT2D eigenvalue weighted by Crippen LogP contribution is 2.42. The summed E-state index contributed by atoms with van der Waals surface area (Å²) in [6.45, 7) is 7.91. The van der Waals surface area contributed by atoms with E-state index in [4.69, 9.17) is 9.47 Å². The Labute approximate surface area is 382 Å². The van der Waals surface area contributed by atoms with E-state index in [-0.39, 0.29) is 30.3 Å². The zero-order valence-electron chi connectivity index (χ0n) is 37.8. The number of Topliss-reactive ketones (excluding diaryl/α,β-unsaturated/α-hetero) is 1. The number of aromatic nitrogens is 4. The topological polar surface area (TPSA) is 143 Å². The molecule has 4 heterocycles. The fraction of sp³-hybridized carbons (Fsp3) is 0.231. The third kappa shape index (κ3) is 9.59. The second kappa shape index (κ2) is 19.5. The van der Waals surface area contributed by atoms with Crippen molar-refractivity contribution in [2.24, 2.45) is 0 Å². The van der Waals surface area contributed by atoms with Gasteiger partial charge in [0.05, 0.1) is 33.0 Å². The minimum atomic E-state index is -3.62. The van der Waals surface area contributed by atoms with E-state index >= 15 is 0 Å². The Bertz CT molecular complexity index is 3270. The Morgan fingerprint density at radius 2 is 1.06 bits per heavy atom. The average molecular weight is 913 g/mol. The molecule has 4 aromatic heterocycles. The fourth-order valence-electron chi connectivity index (χ4n) is 8.29. The third-order valence-corrected chi connectivity index (χ3v) is 12.2. The van der Waals surface area contributed by atoms with Crippen LogP contribution in [0.1, 0.15) is 68.5 Å². The number of ketones is 1. The van der Waals surface area contributed by atoms with Gasteiger partial charge in [-0.05, 0) is 98.5 Å². The van der Waals surface area contributed by atoms with Crippen molar-refractivity contribution in [2.75, 3.05) is 26.2 Å². The number of sulfone groups is 1. The van der Waals surface area contributed by atoms with Gasteiger partial charge in [0.15, 0.2) is 15.6 Å². The van der Waals surface area contributed by atoms with Crippen molar-refractivity contribution in [1.82, 2.24) is 19.1 Å². The summed E-state index contributed by atoms with van der Waals surface area (Å²) in [6.07, 6.45) is 2.60. The van der Waals surface area contributed by atoms with Crippen molar-refractivity contribution in [1.29, 1.82) is 0 Å². The summed E-state index contributed by atoms with van der Waals surface area (Å²) < 4.78 is 67.8. The molecule has 340 valence electrons. The number of carboxylic acid groups (broad SMARTS) is 1. The number of aromatic carboxylic acids is 1. The first-order valence-corrected chi connectivity index (χ1v) is 23.4. The van der Waals surface area contributed by atoms with E-state index in [1.807, 2.05) is 88.4 Å². The lowest BCUT2D eigenvalue weighted by molar-refractivity contribution is 0.0686. The second-order valence-electron chi connectivity index (χ2n) is 16.0. The first kappa shape index (κ1) is 46.8. The molecule has 0 bridgehead atoms. The number of halogens is 2. The van der Waals surface area contributed by atoms with Crippen LogP contribution in [-0.4, -0.2) is 70.6 Å². The molecule has 11 nitrogen and oxygen atoms in total. The van der Waals surface area contributed by atoms with Crippen LogP contribution < -0.4 is 9.47 Å². The van der Waals surface area contributed by atoms with Gasteiger partial charge < -0.3 is 23.7 Å². The van der Waals surface area contributed by atoms with Crippen molar-refractivity contribution in [3.63, 3.8) is 0 Å². The summed E-state index contributed by atoms with van der Waals surface area (Å²) in [5.41, 5.74) is 8.33. The molecule has 0 saturated carbocycles. The van der Waals surface area contributed by atoms with Gasteiger partial charge in [-0.15, -0.1) is 0 Å². The average Bonchev–Trinajstić information content (AvgIpc) is 3.78. The van der Waals surface area contributed by atoms with Crippen LogP contribution in [0.2, 0.25) is 0 Å². The smallest absolute Gasteiger partial charge is 0.353 e. The van der Waals surface area contributed by atoms with Crippen LogP contribution in [0.3, 0.4) is 0 Å². The van der Waals surface area contributed by atoms with Crippen molar-refractivity contribution < 1.29 is 41.4 Å². The number of pyridine rings is 2. The minimum Gasteiger partial charge on any atom is -0.481 e. The Balaban J connectivity index is 0.000000198. The van der Waals surface area contributed by atoms with Gasteiger partial charge in [0.1, 0.15) is 23.1 Å². The number of ether oxygens (including phenoxy) is 2. The first-order chi connectivity index (χ1) is 31.6. The quantitative estimate of drug-likeness (QED) is 0.106. The SMILES string of the molecule is CCc1ccc2c(c1)c(-c1ccc(C)nc1OC)c(C(=O)CS(C)(=O)=O)n2Cc1ccccc1F.CCc1ccc2c(c1)c(-c1ccc(C)nc1OC)c(C(=O)O)n2Cc1ccccc1F. The molecule has 4 aromatic carbocycles. The molecular weight excluding hydrogens is 863 g/mol. The molecule has 0 radical (unpaired) electrons. The van der Waals surface area contributed by atoms with Gasteiger partial charge in [-0.3, -0.25) is 4.79 Å². The number of nitrogens with zero attached hydrogens (tertiary/aromatic N) is 4. The molecule has 0 aliphatic carbocycles. The molecule has 0 unspecified atom stereocenters. The zero-order valence-corrected chi connectivity index (χ0v) is 38.6. The normalized spacial score (nSPS) is 11.4. The van der Waals surface area contributed by atoms with Gasteiger partial charge in [0.2, 0.25) is 11.8 Å². The van der Waals surface area contributed by atoms with Crippen LogP contribution in [0.4, 0.5) is 8.78 Å². The van der Waals surface area contributed by atoms with Gasteiger partial charge in [-0.1, -0.05) is 62.4 Å². The highest BCUT2D eigenvalue weighted by Gasteiger charge is 2.30. The first-order valence-electron chi connectivity index (χ1n) is 21.3. The van der Waals surface area contributed by atoms with E-state index in [0.29, 0.717) is 50.7 Å². The van der Waals surface area contributed by atoms with Gasteiger partial charge in [-0.2, -0.15) is 0 Å². The Hall–Kier alpha value is -7.19. The molecular formula is C52H50F2N4O7S. The molecule has 0 spiro atoms. The lowest BCUT2D eigenvalue weighted by Gasteiger charge is -2.14. The summed E-state index contributed by atoms with van der Waals surface area (Å²) in [7, 11) is -0.610. The molecule has 0 aliphatic rings. The minimum absolute atomic E-state index is 0.0566. The lowest BCUT2D eigenvalue weighted by atomic mass is 9.99. The summed E-state index contributed by atoms with van der Waals surface area (Å²) in [6, 6.07) is 31.7. The number of hydrogen-bond donors (Lipinski definition) is 1. The third-order valence-electron chi connectivity index (χ3n) is 11.4. The molecule has 0 aliphatic heterocycles. The molecule has 66 heavy (non-hydrogen) atoms. The molecule has 1 N–H and O–H groups in total. The maximum Gasteiger partial charge on any atom is 0.353 e. The molecule has 0 amide bonds. The summed E-state index contributed by atoms with van der Waals surface area (Å²) in [5, 5.41) is 11.8. The highest BCUT2D eigenvalue weighted by atomic mass is 32.2. The van der Waals surface area contributed by atoms with Crippen LogP contribution in [0.5, 0.6) is 11.8 Å². The molecule has 8 rings (SSSR count). The second-order valence-corrected chi connectivity index (χ2v) is 18.2. The Kier molecular flexibility index (Phi) is 13.8. The number of benzene rings is 4. The number of hydrogen-bond acceptors (Lipinski definition) is 8. The highest BCUT2D eigenvalue weighted by molar-refractivity contribution is 7.91. The van der Waals surface area contributed by atoms with Crippen molar-refractivity contribution in [3.05, 3.63) is 166 Å². The van der Waals surface area contributed by atoms with Crippen LogP contribution in [0, 0.1) is 25.5 Å². The van der Waals surface area contributed by atoms with E-state index in [2.05, 4.69) is 9.97 Å². The van der Waals surface area contributed by atoms with Gasteiger partial charge in [-0.25, -0.2) is 32.0 Å². The molecule has 0 saturated heterocycles. The number of carboxylic acids is 1. The van der Waals surface area contributed by atoms with Crippen molar-refractivity contribution >= 4 is 43.4 Å². The molecule has 0 atom stereocenters.